The van der Waals surface area contributed by atoms with E-state index in [4.69, 9.17) is 4.74 Å². The molecule has 0 N–H and O–H groups in total. The number of rotatable bonds is 5. The Morgan fingerprint density at radius 1 is 1.10 bits per heavy atom. The van der Waals surface area contributed by atoms with E-state index in [0.29, 0.717) is 5.69 Å². The fourth-order valence-electron chi connectivity index (χ4n) is 1.57. The molecule has 0 radical (unpaired) electrons. The van der Waals surface area contributed by atoms with E-state index in [9.17, 15) is 9.18 Å². The fraction of sp³-hybridized carbons (Fsp3) is 0.0588. The largest absolute Gasteiger partial charge is 0.457 e. The molecule has 0 heterocycles. The van der Waals surface area contributed by atoms with Crippen molar-refractivity contribution in [2.75, 3.05) is 6.61 Å². The standard InChI is InChI=1S/C17H14FNO2/c18-15-8-10-16(11-9-15)19-13-17(20)21-12-4-7-14-5-2-1-3-6-14/h1-11,13H,12H2/b7-4+,19-13?. The molecule has 4 heteroatoms. The highest BCUT2D eigenvalue weighted by molar-refractivity contribution is 6.23. The monoisotopic (exact) mass is 283 g/mol. The SMILES string of the molecule is O=C(C=Nc1ccc(F)cc1)OC/C=C/c1ccccc1. The number of nitrogens with zero attached hydrogens (tertiary/aromatic N) is 1. The molecule has 0 aromatic heterocycles. The number of carbonyl (C=O) groups excluding carboxylic acids is 1. The summed E-state index contributed by atoms with van der Waals surface area (Å²) >= 11 is 0. The topological polar surface area (TPSA) is 38.7 Å². The number of benzene rings is 2. The summed E-state index contributed by atoms with van der Waals surface area (Å²) in [5.74, 6) is -0.889. The number of esters is 1. The van der Waals surface area contributed by atoms with E-state index >= 15 is 0 Å². The lowest BCUT2D eigenvalue weighted by Crippen LogP contribution is -2.05. The molecule has 0 aliphatic carbocycles. The Morgan fingerprint density at radius 2 is 1.81 bits per heavy atom. The van der Waals surface area contributed by atoms with Crippen molar-refractivity contribution in [3.05, 3.63) is 72.1 Å². The van der Waals surface area contributed by atoms with Gasteiger partial charge in [0.1, 0.15) is 18.6 Å². The van der Waals surface area contributed by atoms with Crippen LogP contribution in [0, 0.1) is 5.82 Å². The lowest BCUT2D eigenvalue weighted by atomic mass is 10.2. The minimum atomic E-state index is -0.544. The summed E-state index contributed by atoms with van der Waals surface area (Å²) in [7, 11) is 0. The number of aliphatic imine (C=N–C) groups is 1. The third-order valence-electron chi connectivity index (χ3n) is 2.58. The fourth-order valence-corrected chi connectivity index (χ4v) is 1.57. The van der Waals surface area contributed by atoms with E-state index in [-0.39, 0.29) is 12.4 Å². The van der Waals surface area contributed by atoms with Crippen LogP contribution in [0.25, 0.3) is 6.08 Å². The summed E-state index contributed by atoms with van der Waals surface area (Å²) in [6, 6.07) is 15.2. The molecule has 0 spiro atoms. The average Bonchev–Trinajstić information content (AvgIpc) is 2.52. The van der Waals surface area contributed by atoms with Crippen molar-refractivity contribution in [3.8, 4) is 0 Å². The number of halogens is 1. The third-order valence-corrected chi connectivity index (χ3v) is 2.58. The quantitative estimate of drug-likeness (QED) is 0.618. The number of carbonyl (C=O) groups is 1. The molecule has 0 bridgehead atoms. The molecule has 2 rings (SSSR count). The summed E-state index contributed by atoms with van der Waals surface area (Å²) in [5.41, 5.74) is 1.53. The Kier molecular flexibility index (Phi) is 5.41. The van der Waals surface area contributed by atoms with E-state index in [2.05, 4.69) is 4.99 Å². The predicted octanol–water partition coefficient (Wildman–Crippen LogP) is 3.78. The second-order valence-electron chi connectivity index (χ2n) is 4.18. The second kappa shape index (κ2) is 7.75. The lowest BCUT2D eigenvalue weighted by molar-refractivity contribution is -0.133. The Balaban J connectivity index is 1.77. The maximum Gasteiger partial charge on any atom is 0.349 e. The van der Waals surface area contributed by atoms with Gasteiger partial charge >= 0.3 is 5.97 Å². The van der Waals surface area contributed by atoms with Crippen LogP contribution >= 0.6 is 0 Å². The molecule has 2 aromatic rings. The molecule has 106 valence electrons. The first-order chi connectivity index (χ1) is 10.2. The van der Waals surface area contributed by atoms with E-state index < -0.39 is 5.97 Å². The highest BCUT2D eigenvalue weighted by Gasteiger charge is 1.96. The van der Waals surface area contributed by atoms with Gasteiger partial charge in [0.25, 0.3) is 0 Å². The van der Waals surface area contributed by atoms with Gasteiger partial charge in [-0.2, -0.15) is 0 Å². The summed E-state index contributed by atoms with van der Waals surface area (Å²) in [5, 5.41) is 0. The van der Waals surface area contributed by atoms with E-state index in [1.54, 1.807) is 6.08 Å². The van der Waals surface area contributed by atoms with Crippen LogP contribution in [0.5, 0.6) is 0 Å². The molecule has 0 saturated heterocycles. The van der Waals surface area contributed by atoms with Crippen molar-refractivity contribution in [1.29, 1.82) is 0 Å². The van der Waals surface area contributed by atoms with E-state index in [0.717, 1.165) is 11.8 Å². The molecule has 0 atom stereocenters. The molecule has 0 unspecified atom stereocenters. The van der Waals surface area contributed by atoms with Crippen LogP contribution in [0.3, 0.4) is 0 Å². The van der Waals surface area contributed by atoms with Gasteiger partial charge in [-0.05, 0) is 35.9 Å². The zero-order chi connectivity index (χ0) is 14.9. The van der Waals surface area contributed by atoms with E-state index in [1.807, 2.05) is 36.4 Å². The molecule has 2 aromatic carbocycles. The van der Waals surface area contributed by atoms with Crippen LogP contribution in [0.1, 0.15) is 5.56 Å². The zero-order valence-corrected chi connectivity index (χ0v) is 11.3. The van der Waals surface area contributed by atoms with Crippen LogP contribution in [-0.4, -0.2) is 18.8 Å². The number of hydrogen-bond donors (Lipinski definition) is 0. The normalized spacial score (nSPS) is 11.1. The molecule has 0 saturated carbocycles. The number of hydrogen-bond acceptors (Lipinski definition) is 3. The van der Waals surface area contributed by atoms with Crippen LogP contribution in [0.4, 0.5) is 10.1 Å². The first-order valence-electron chi connectivity index (χ1n) is 6.42. The van der Waals surface area contributed by atoms with Gasteiger partial charge in [0.15, 0.2) is 0 Å². The Bertz CT molecular complexity index is 634. The highest BCUT2D eigenvalue weighted by Crippen LogP contribution is 2.11. The zero-order valence-electron chi connectivity index (χ0n) is 11.3. The van der Waals surface area contributed by atoms with Gasteiger partial charge in [-0.15, -0.1) is 0 Å². The molecule has 3 nitrogen and oxygen atoms in total. The maximum absolute atomic E-state index is 12.7. The first-order valence-corrected chi connectivity index (χ1v) is 6.42. The molecule has 0 aliphatic rings. The van der Waals surface area contributed by atoms with Gasteiger partial charge in [-0.1, -0.05) is 36.4 Å². The maximum atomic E-state index is 12.7. The Labute approximate surface area is 122 Å². The molecule has 0 fully saturated rings. The van der Waals surface area contributed by atoms with Crippen molar-refractivity contribution < 1.29 is 13.9 Å². The van der Waals surface area contributed by atoms with Crippen molar-refractivity contribution in [2.24, 2.45) is 4.99 Å². The van der Waals surface area contributed by atoms with Crippen LogP contribution in [0.2, 0.25) is 0 Å². The Morgan fingerprint density at radius 3 is 2.52 bits per heavy atom. The summed E-state index contributed by atoms with van der Waals surface area (Å²) in [4.78, 5) is 15.3. The van der Waals surface area contributed by atoms with Crippen molar-refractivity contribution in [3.63, 3.8) is 0 Å². The van der Waals surface area contributed by atoms with Crippen molar-refractivity contribution in [1.82, 2.24) is 0 Å². The Hall–Kier alpha value is -2.75. The molecule has 0 aliphatic heterocycles. The van der Waals surface area contributed by atoms with Crippen molar-refractivity contribution in [2.45, 2.75) is 0 Å². The van der Waals surface area contributed by atoms with Crippen LogP contribution in [-0.2, 0) is 9.53 Å². The number of ether oxygens (including phenoxy) is 1. The molecule has 21 heavy (non-hydrogen) atoms. The van der Waals surface area contributed by atoms with Gasteiger partial charge < -0.3 is 4.74 Å². The van der Waals surface area contributed by atoms with E-state index in [1.165, 1.54) is 24.3 Å². The van der Waals surface area contributed by atoms with Gasteiger partial charge in [-0.3, -0.25) is 0 Å². The van der Waals surface area contributed by atoms with Gasteiger partial charge in [0.05, 0.1) is 5.69 Å². The van der Waals surface area contributed by atoms with Crippen LogP contribution < -0.4 is 0 Å². The minimum Gasteiger partial charge on any atom is -0.457 e. The lowest BCUT2D eigenvalue weighted by Gasteiger charge is -1.97. The van der Waals surface area contributed by atoms with Gasteiger partial charge in [-0.25, -0.2) is 14.2 Å². The molecular weight excluding hydrogens is 269 g/mol. The van der Waals surface area contributed by atoms with Gasteiger partial charge in [0.2, 0.25) is 0 Å². The van der Waals surface area contributed by atoms with Gasteiger partial charge in [0, 0.05) is 0 Å². The summed E-state index contributed by atoms with van der Waals surface area (Å²) < 4.78 is 17.6. The summed E-state index contributed by atoms with van der Waals surface area (Å²) in [6.07, 6.45) is 4.69. The molecule has 0 amide bonds. The second-order valence-corrected chi connectivity index (χ2v) is 4.18. The molecular formula is C17H14FNO2. The predicted molar refractivity (Wildman–Crippen MR) is 81.0 cm³/mol. The third kappa shape index (κ3) is 5.40. The highest BCUT2D eigenvalue weighted by atomic mass is 19.1. The van der Waals surface area contributed by atoms with Crippen LogP contribution in [0.15, 0.2) is 65.7 Å². The smallest absolute Gasteiger partial charge is 0.349 e. The minimum absolute atomic E-state index is 0.170. The van der Waals surface area contributed by atoms with Crippen molar-refractivity contribution >= 4 is 23.9 Å². The summed E-state index contributed by atoms with van der Waals surface area (Å²) in [6.45, 7) is 0.170. The average molecular weight is 283 g/mol. The first kappa shape index (κ1) is 14.7.